The van der Waals surface area contributed by atoms with Gasteiger partial charge >= 0.3 is 5.97 Å². The Bertz CT molecular complexity index is 641. The molecule has 0 heterocycles. The van der Waals surface area contributed by atoms with Gasteiger partial charge in [-0.25, -0.2) is 17.9 Å². The standard InChI is InChI=1S/C10H12N2O7S/c1-6-2-3-7(4-8(6)12(16)17)20(18,19)11-5-9(13)10(14)15/h2-4,9,11,13H,5H2,1H3,(H,14,15)/t9-/m0/s1. The van der Waals surface area contributed by atoms with E-state index in [1.807, 2.05) is 4.72 Å². The number of nitro groups is 1. The first-order valence-corrected chi connectivity index (χ1v) is 6.79. The molecule has 0 spiro atoms. The minimum Gasteiger partial charge on any atom is -0.479 e. The van der Waals surface area contributed by atoms with Crippen molar-refractivity contribution in [2.75, 3.05) is 6.54 Å². The first-order chi connectivity index (χ1) is 9.15. The second-order valence-electron chi connectivity index (χ2n) is 3.91. The van der Waals surface area contributed by atoms with E-state index in [4.69, 9.17) is 10.2 Å². The molecule has 1 aromatic carbocycles. The quantitative estimate of drug-likeness (QED) is 0.479. The summed E-state index contributed by atoms with van der Waals surface area (Å²) in [7, 11) is -4.14. The predicted octanol–water partition coefficient (Wildman–Crippen LogP) is -0.373. The summed E-state index contributed by atoms with van der Waals surface area (Å²) >= 11 is 0. The Morgan fingerprint density at radius 3 is 2.60 bits per heavy atom. The zero-order valence-corrected chi connectivity index (χ0v) is 11.1. The minimum absolute atomic E-state index is 0.291. The van der Waals surface area contributed by atoms with E-state index in [2.05, 4.69) is 0 Å². The number of hydrogen-bond donors (Lipinski definition) is 3. The van der Waals surface area contributed by atoms with Gasteiger partial charge in [0.05, 0.1) is 9.82 Å². The normalized spacial score (nSPS) is 12.9. The van der Waals surface area contributed by atoms with Gasteiger partial charge in [-0.3, -0.25) is 10.1 Å². The van der Waals surface area contributed by atoms with Crippen LogP contribution in [0.3, 0.4) is 0 Å². The molecule has 0 aliphatic heterocycles. The number of rotatable bonds is 6. The van der Waals surface area contributed by atoms with Gasteiger partial charge < -0.3 is 10.2 Å². The molecule has 0 aliphatic carbocycles. The van der Waals surface area contributed by atoms with E-state index in [1.54, 1.807) is 0 Å². The van der Waals surface area contributed by atoms with Crippen molar-refractivity contribution in [3.05, 3.63) is 33.9 Å². The molecule has 1 rings (SSSR count). The summed E-state index contributed by atoms with van der Waals surface area (Å²) < 4.78 is 25.5. The van der Waals surface area contributed by atoms with Crippen molar-refractivity contribution in [1.82, 2.24) is 4.72 Å². The molecule has 0 fully saturated rings. The molecule has 0 amide bonds. The molecule has 0 saturated carbocycles. The maximum Gasteiger partial charge on any atom is 0.333 e. The molecule has 0 radical (unpaired) electrons. The Kier molecular flexibility index (Phi) is 4.76. The Balaban J connectivity index is 3.01. The molecule has 0 bridgehead atoms. The first-order valence-electron chi connectivity index (χ1n) is 5.30. The Morgan fingerprint density at radius 1 is 1.50 bits per heavy atom. The Hall–Kier alpha value is -2.04. The summed E-state index contributed by atoms with van der Waals surface area (Å²) in [5.41, 5.74) is -0.0776. The second kappa shape index (κ2) is 5.94. The molecule has 1 atom stereocenters. The van der Waals surface area contributed by atoms with Crippen LogP contribution in [0.4, 0.5) is 5.69 Å². The molecule has 110 valence electrons. The van der Waals surface area contributed by atoms with Crippen LogP contribution in [0.1, 0.15) is 5.56 Å². The summed E-state index contributed by atoms with van der Waals surface area (Å²) in [4.78, 5) is 20.0. The number of sulfonamides is 1. The molecule has 0 aliphatic rings. The first kappa shape index (κ1) is 16.0. The van der Waals surface area contributed by atoms with Gasteiger partial charge in [0.2, 0.25) is 10.0 Å². The Labute approximate surface area is 114 Å². The highest BCUT2D eigenvalue weighted by Crippen LogP contribution is 2.21. The smallest absolute Gasteiger partial charge is 0.333 e. The number of aryl methyl sites for hydroxylation is 1. The third kappa shape index (κ3) is 3.73. The van der Waals surface area contributed by atoms with Gasteiger partial charge in [0.1, 0.15) is 0 Å². The third-order valence-electron chi connectivity index (χ3n) is 2.44. The summed E-state index contributed by atoms with van der Waals surface area (Å²) in [5, 5.41) is 28.1. The predicted molar refractivity (Wildman–Crippen MR) is 66.7 cm³/mol. The van der Waals surface area contributed by atoms with Crippen molar-refractivity contribution in [1.29, 1.82) is 0 Å². The van der Waals surface area contributed by atoms with Crippen LogP contribution >= 0.6 is 0 Å². The zero-order valence-electron chi connectivity index (χ0n) is 10.3. The van der Waals surface area contributed by atoms with Gasteiger partial charge in [-0.05, 0) is 13.0 Å². The van der Waals surface area contributed by atoms with Crippen LogP contribution in [0.15, 0.2) is 23.1 Å². The fourth-order valence-electron chi connectivity index (χ4n) is 1.31. The number of nitrogens with one attached hydrogen (secondary N) is 1. The van der Waals surface area contributed by atoms with E-state index in [0.29, 0.717) is 5.56 Å². The van der Waals surface area contributed by atoms with Crippen LogP contribution in [0.5, 0.6) is 0 Å². The van der Waals surface area contributed by atoms with Crippen LogP contribution in [-0.4, -0.2) is 42.2 Å². The van der Waals surface area contributed by atoms with Gasteiger partial charge in [0.15, 0.2) is 6.10 Å². The molecule has 9 nitrogen and oxygen atoms in total. The van der Waals surface area contributed by atoms with E-state index in [9.17, 15) is 23.3 Å². The number of benzene rings is 1. The molecule has 10 heteroatoms. The van der Waals surface area contributed by atoms with Crippen molar-refractivity contribution in [3.63, 3.8) is 0 Å². The van der Waals surface area contributed by atoms with Crippen molar-refractivity contribution in [2.45, 2.75) is 17.9 Å². The summed E-state index contributed by atoms with van der Waals surface area (Å²) in [6.07, 6.45) is -1.90. The maximum absolute atomic E-state index is 11.8. The molecule has 3 N–H and O–H groups in total. The fourth-order valence-corrected chi connectivity index (χ4v) is 2.37. The van der Waals surface area contributed by atoms with Crippen LogP contribution < -0.4 is 4.72 Å². The lowest BCUT2D eigenvalue weighted by Crippen LogP contribution is -2.36. The number of nitro benzene ring substituents is 1. The molecular weight excluding hydrogens is 292 g/mol. The topological polar surface area (TPSA) is 147 Å². The average Bonchev–Trinajstić information content (AvgIpc) is 2.35. The van der Waals surface area contributed by atoms with Crippen molar-refractivity contribution in [2.24, 2.45) is 0 Å². The molecule has 20 heavy (non-hydrogen) atoms. The van der Waals surface area contributed by atoms with E-state index < -0.39 is 33.6 Å². The highest BCUT2D eigenvalue weighted by atomic mass is 32.2. The van der Waals surface area contributed by atoms with Crippen molar-refractivity contribution >= 4 is 21.7 Å². The van der Waals surface area contributed by atoms with Gasteiger partial charge in [0.25, 0.3) is 5.69 Å². The molecule has 1 aromatic rings. The summed E-state index contributed by atoms with van der Waals surface area (Å²) in [5.74, 6) is -1.58. The van der Waals surface area contributed by atoms with Crippen LogP contribution in [-0.2, 0) is 14.8 Å². The van der Waals surface area contributed by atoms with Gasteiger partial charge in [-0.1, -0.05) is 6.07 Å². The lowest BCUT2D eigenvalue weighted by molar-refractivity contribution is -0.385. The van der Waals surface area contributed by atoms with Gasteiger partial charge in [-0.2, -0.15) is 0 Å². The lowest BCUT2D eigenvalue weighted by atomic mass is 10.2. The van der Waals surface area contributed by atoms with Crippen LogP contribution in [0.25, 0.3) is 0 Å². The highest BCUT2D eigenvalue weighted by molar-refractivity contribution is 7.89. The van der Waals surface area contributed by atoms with Crippen LogP contribution in [0, 0.1) is 17.0 Å². The number of nitrogens with zero attached hydrogens (tertiary/aromatic N) is 1. The monoisotopic (exact) mass is 304 g/mol. The van der Waals surface area contributed by atoms with Crippen LogP contribution in [0.2, 0.25) is 0 Å². The number of carboxylic acid groups (broad SMARTS) is 1. The number of aliphatic hydroxyl groups is 1. The molecular formula is C10H12N2O7S. The van der Waals surface area contributed by atoms with E-state index in [0.717, 1.165) is 12.1 Å². The largest absolute Gasteiger partial charge is 0.479 e. The maximum atomic E-state index is 11.8. The molecule has 0 saturated heterocycles. The van der Waals surface area contributed by atoms with Gasteiger partial charge in [-0.15, -0.1) is 0 Å². The summed E-state index contributed by atoms with van der Waals surface area (Å²) in [6, 6.07) is 3.28. The number of aliphatic carboxylic acids is 1. The van der Waals surface area contributed by atoms with Gasteiger partial charge in [0, 0.05) is 18.2 Å². The number of aliphatic hydroxyl groups excluding tert-OH is 1. The van der Waals surface area contributed by atoms with Crippen molar-refractivity contribution < 1.29 is 28.3 Å². The minimum atomic E-state index is -4.14. The zero-order chi connectivity index (χ0) is 15.5. The third-order valence-corrected chi connectivity index (χ3v) is 3.86. The van der Waals surface area contributed by atoms with E-state index in [1.165, 1.54) is 13.0 Å². The van der Waals surface area contributed by atoms with E-state index in [-0.39, 0.29) is 10.6 Å². The van der Waals surface area contributed by atoms with Crippen molar-refractivity contribution in [3.8, 4) is 0 Å². The number of hydrogen-bond acceptors (Lipinski definition) is 6. The molecule has 0 aromatic heterocycles. The number of carbonyl (C=O) groups is 1. The Morgan fingerprint density at radius 2 is 2.10 bits per heavy atom. The lowest BCUT2D eigenvalue weighted by Gasteiger charge is -2.09. The van der Waals surface area contributed by atoms with E-state index >= 15 is 0 Å². The summed E-state index contributed by atoms with van der Waals surface area (Å²) in [6.45, 7) is 0.718. The number of carboxylic acids is 1. The average molecular weight is 304 g/mol. The fraction of sp³-hybridized carbons (Fsp3) is 0.300. The SMILES string of the molecule is Cc1ccc(S(=O)(=O)NC[C@H](O)C(=O)O)cc1[N+](=O)[O-]. The highest BCUT2D eigenvalue weighted by Gasteiger charge is 2.22. The second-order valence-corrected chi connectivity index (χ2v) is 5.68. The molecule has 0 unspecified atom stereocenters.